The minimum absolute atomic E-state index is 0.0622. The first-order valence-electron chi connectivity index (χ1n) is 8.49. The van der Waals surface area contributed by atoms with Gasteiger partial charge in [0.2, 0.25) is 11.8 Å². The molecule has 1 heterocycles. The molecule has 1 saturated heterocycles. The normalized spacial score (nSPS) is 36.4. The molecule has 1 aliphatic heterocycles. The summed E-state index contributed by atoms with van der Waals surface area (Å²) in [5, 5.41) is 0.124. The minimum atomic E-state index is -3.27. The van der Waals surface area contributed by atoms with Gasteiger partial charge in [-0.15, -0.1) is 0 Å². The molecule has 0 aromatic heterocycles. The summed E-state index contributed by atoms with van der Waals surface area (Å²) in [6.07, 6.45) is -0.721. The Labute approximate surface area is 124 Å². The molecular formula is C10H16Br2N2O2. The number of alkyl halides is 2. The van der Waals surface area contributed by atoms with Crippen molar-refractivity contribution in [1.82, 2.24) is 9.80 Å². The zero-order valence-electron chi connectivity index (χ0n) is 16.3. The van der Waals surface area contributed by atoms with Crippen molar-refractivity contribution in [2.24, 2.45) is 0 Å². The summed E-state index contributed by atoms with van der Waals surface area (Å²) in [5.41, 5.74) is 0. The number of amides is 2. The highest BCUT2D eigenvalue weighted by Gasteiger charge is 2.22. The van der Waals surface area contributed by atoms with Crippen LogP contribution in [0.1, 0.15) is 23.8 Å². The molecule has 16 heavy (non-hydrogen) atoms. The maximum absolute atomic E-state index is 12.2. The maximum atomic E-state index is 12.2. The summed E-state index contributed by atoms with van der Waals surface area (Å²) in [7, 11) is 0. The zero-order valence-corrected chi connectivity index (χ0v) is 11.5. The van der Waals surface area contributed by atoms with Gasteiger partial charge < -0.3 is 9.80 Å². The van der Waals surface area contributed by atoms with Gasteiger partial charge in [-0.3, -0.25) is 9.59 Å². The fraction of sp³-hybridized carbons (Fsp3) is 0.800. The number of hydrogen-bond donors (Lipinski definition) is 0. The number of rotatable bonds is 4. The third-order valence-corrected chi connectivity index (χ3v) is 2.46. The van der Waals surface area contributed by atoms with Gasteiger partial charge in [-0.05, 0) is 0 Å². The molecule has 92 valence electrons. The van der Waals surface area contributed by atoms with E-state index in [0.29, 0.717) is 0 Å². The Bertz CT molecular complexity index is 457. The van der Waals surface area contributed by atoms with E-state index in [1.807, 2.05) is 0 Å². The highest BCUT2D eigenvalue weighted by molar-refractivity contribution is 9.09. The quantitative estimate of drug-likeness (QED) is 0.705. The van der Waals surface area contributed by atoms with Gasteiger partial charge in [0.05, 0.1) is 11.0 Å². The predicted octanol–water partition coefficient (Wildman–Crippen LogP) is 1.23. The third kappa shape index (κ3) is 4.05. The van der Waals surface area contributed by atoms with Crippen molar-refractivity contribution < 1.29 is 20.6 Å². The monoisotopic (exact) mass is 362 g/mol. The Morgan fingerprint density at radius 3 is 1.50 bits per heavy atom. The van der Waals surface area contributed by atoms with Crippen LogP contribution >= 0.6 is 31.9 Å². The molecule has 1 aliphatic rings. The first-order valence-corrected chi connectivity index (χ1v) is 6.73. The van der Waals surface area contributed by atoms with Gasteiger partial charge in [-0.2, -0.15) is 0 Å². The van der Waals surface area contributed by atoms with Gasteiger partial charge in [0, 0.05) is 49.5 Å². The average Bonchev–Trinajstić information content (AvgIpc) is 2.36. The molecule has 0 aromatic carbocycles. The number of carbonyl (C=O) groups excluding carboxylic acids is 2. The van der Waals surface area contributed by atoms with E-state index in [0.717, 1.165) is 0 Å². The van der Waals surface area contributed by atoms with Crippen molar-refractivity contribution in [2.45, 2.75) is 12.8 Å². The molecular weight excluding hydrogens is 340 g/mol. The van der Waals surface area contributed by atoms with E-state index in [1.165, 1.54) is 0 Å². The summed E-state index contributed by atoms with van der Waals surface area (Å²) in [6.45, 7) is -13.1. The number of nitrogens with zero attached hydrogens (tertiary/aromatic N) is 2. The van der Waals surface area contributed by atoms with Crippen molar-refractivity contribution in [3.05, 3.63) is 0 Å². The van der Waals surface area contributed by atoms with Crippen LogP contribution < -0.4 is 0 Å². The molecule has 0 atom stereocenters. The van der Waals surface area contributed by atoms with Gasteiger partial charge in [0.25, 0.3) is 0 Å². The van der Waals surface area contributed by atoms with Crippen molar-refractivity contribution in [3.8, 4) is 0 Å². The molecule has 0 unspecified atom stereocenters. The van der Waals surface area contributed by atoms with Gasteiger partial charge in [0.1, 0.15) is 0 Å². The Kier molecular flexibility index (Phi) is 2.81. The second-order valence-electron chi connectivity index (χ2n) is 2.78. The number of hydrogen-bond acceptors (Lipinski definition) is 2. The molecule has 1 rings (SSSR count). The maximum Gasteiger partial charge on any atom is 0.223 e. The van der Waals surface area contributed by atoms with Crippen LogP contribution in [0.15, 0.2) is 0 Å². The Morgan fingerprint density at radius 2 is 1.25 bits per heavy atom. The second-order valence-corrected chi connectivity index (χ2v) is 4.37. The van der Waals surface area contributed by atoms with E-state index < -0.39 is 37.8 Å². The van der Waals surface area contributed by atoms with Crippen LogP contribution in [0.2, 0.25) is 0 Å². The van der Waals surface area contributed by atoms with Crippen LogP contribution in [0.4, 0.5) is 0 Å². The van der Waals surface area contributed by atoms with E-state index in [4.69, 9.17) is 11.0 Å². The van der Waals surface area contributed by atoms with Gasteiger partial charge in [-0.25, -0.2) is 0 Å². The van der Waals surface area contributed by atoms with Crippen LogP contribution in [0.5, 0.6) is 0 Å². The number of piperazine rings is 1. The molecule has 0 saturated carbocycles. The van der Waals surface area contributed by atoms with Crippen LogP contribution in [0.25, 0.3) is 0 Å². The summed E-state index contributed by atoms with van der Waals surface area (Å²) in [6, 6.07) is 0. The molecule has 2 amide bonds. The number of carbonyl (C=O) groups is 2. The SMILES string of the molecule is [2H]C1([2H])N(C(=O)CCBr)C([2H])([2H])C([2H])([2H])N(C(=O)CCBr)C1([2H])[2H]. The molecule has 0 bridgehead atoms. The minimum Gasteiger partial charge on any atom is -0.339 e. The van der Waals surface area contributed by atoms with Crippen LogP contribution in [-0.2, 0) is 9.59 Å². The fourth-order valence-corrected chi connectivity index (χ4v) is 1.57. The zero-order chi connectivity index (χ0) is 19.1. The van der Waals surface area contributed by atoms with Crippen molar-refractivity contribution in [2.75, 3.05) is 36.6 Å². The summed E-state index contributed by atoms with van der Waals surface area (Å²) < 4.78 is 63.6. The molecule has 0 aliphatic carbocycles. The van der Waals surface area contributed by atoms with E-state index in [-0.39, 0.29) is 33.3 Å². The summed E-state index contributed by atoms with van der Waals surface area (Å²) in [4.78, 5) is 24.2. The highest BCUT2D eigenvalue weighted by atomic mass is 79.9. The lowest BCUT2D eigenvalue weighted by molar-refractivity contribution is -0.139. The van der Waals surface area contributed by atoms with E-state index in [9.17, 15) is 9.59 Å². The summed E-state index contributed by atoms with van der Waals surface area (Å²) >= 11 is 5.91. The Morgan fingerprint density at radius 1 is 0.938 bits per heavy atom. The first kappa shape index (κ1) is 6.18. The van der Waals surface area contributed by atoms with Crippen molar-refractivity contribution >= 4 is 43.7 Å². The van der Waals surface area contributed by atoms with Gasteiger partial charge in [-0.1, -0.05) is 31.9 Å². The van der Waals surface area contributed by atoms with E-state index >= 15 is 0 Å². The van der Waals surface area contributed by atoms with E-state index in [1.54, 1.807) is 0 Å². The second kappa shape index (κ2) is 7.27. The standard InChI is InChI=1S/C10H16Br2N2O2/c11-3-1-9(15)13-5-7-14(8-6-13)10(16)2-4-12/h1-8H2/i5D2,6D2,7D2,8D2. The smallest absolute Gasteiger partial charge is 0.223 e. The Hall–Kier alpha value is -0.100. The molecule has 4 nitrogen and oxygen atoms in total. The van der Waals surface area contributed by atoms with Gasteiger partial charge >= 0.3 is 0 Å². The molecule has 0 spiro atoms. The lowest BCUT2D eigenvalue weighted by Crippen LogP contribution is -2.50. The molecule has 6 heteroatoms. The summed E-state index contributed by atoms with van der Waals surface area (Å²) in [5.74, 6) is -2.22. The largest absolute Gasteiger partial charge is 0.339 e. The third-order valence-electron chi connectivity index (χ3n) is 1.66. The molecule has 0 radical (unpaired) electrons. The topological polar surface area (TPSA) is 40.6 Å². The van der Waals surface area contributed by atoms with Crippen LogP contribution in [-0.4, -0.2) is 58.3 Å². The fourth-order valence-electron chi connectivity index (χ4n) is 0.891. The first-order chi connectivity index (χ1) is 10.7. The lowest BCUT2D eigenvalue weighted by Gasteiger charge is -2.34. The van der Waals surface area contributed by atoms with Crippen LogP contribution in [0, 0.1) is 0 Å². The van der Waals surface area contributed by atoms with Crippen molar-refractivity contribution in [3.63, 3.8) is 0 Å². The van der Waals surface area contributed by atoms with Gasteiger partial charge in [0.15, 0.2) is 0 Å². The highest BCUT2D eigenvalue weighted by Crippen LogP contribution is 2.06. The predicted molar refractivity (Wildman–Crippen MR) is 70.0 cm³/mol. The molecule has 1 fully saturated rings. The lowest BCUT2D eigenvalue weighted by atomic mass is 10.2. The van der Waals surface area contributed by atoms with Crippen LogP contribution in [0.3, 0.4) is 0 Å². The number of halogens is 2. The molecule has 0 N–H and O–H groups in total. The average molecular weight is 364 g/mol. The van der Waals surface area contributed by atoms with Crippen molar-refractivity contribution in [1.29, 1.82) is 0 Å². The van der Waals surface area contributed by atoms with E-state index in [2.05, 4.69) is 31.9 Å². The Balaban J connectivity index is 3.60. The molecule has 0 aromatic rings.